The number of aromatic nitrogens is 1. The molecule has 0 aliphatic carbocycles. The van der Waals surface area contributed by atoms with Crippen LogP contribution in [-0.4, -0.2) is 73.2 Å². The molecule has 1 amide bonds. The predicted molar refractivity (Wildman–Crippen MR) is 84.1 cm³/mol. The van der Waals surface area contributed by atoms with Crippen molar-refractivity contribution in [3.05, 3.63) is 16.1 Å². The van der Waals surface area contributed by atoms with Crippen LogP contribution in [0.15, 0.2) is 5.38 Å². The highest BCUT2D eigenvalue weighted by Crippen LogP contribution is 2.24. The Kier molecular flexibility index (Phi) is 5.07. The van der Waals surface area contributed by atoms with Crippen LogP contribution < -0.4 is 0 Å². The van der Waals surface area contributed by atoms with Gasteiger partial charge < -0.3 is 14.4 Å². The van der Waals surface area contributed by atoms with Crippen molar-refractivity contribution >= 4 is 17.2 Å². The Labute approximate surface area is 135 Å². The third kappa shape index (κ3) is 3.32. The molecule has 2 atom stereocenters. The Balaban J connectivity index is 1.63. The minimum atomic E-state index is 0.0428. The molecule has 1 aromatic heterocycles. The number of thiazole rings is 1. The summed E-state index contributed by atoms with van der Waals surface area (Å²) in [5.74, 6) is 0.528. The second-order valence-corrected chi connectivity index (χ2v) is 6.91. The number of nitrogens with zero attached hydrogens (tertiary/aromatic N) is 3. The average molecular weight is 325 g/mol. The van der Waals surface area contributed by atoms with E-state index < -0.39 is 0 Å². The number of carbonyl (C=O) groups is 1. The molecule has 0 bridgehead atoms. The molecule has 1 aromatic rings. The summed E-state index contributed by atoms with van der Waals surface area (Å²) in [4.78, 5) is 21.4. The fourth-order valence-electron chi connectivity index (χ4n) is 3.26. The van der Waals surface area contributed by atoms with Crippen LogP contribution in [-0.2, 0) is 16.1 Å². The van der Waals surface area contributed by atoms with E-state index in [2.05, 4.69) is 16.8 Å². The molecule has 0 aromatic carbocycles. The smallest absolute Gasteiger partial charge is 0.273 e. The summed E-state index contributed by atoms with van der Waals surface area (Å²) >= 11 is 1.48. The second kappa shape index (κ2) is 7.04. The standard InChI is InChI=1S/C15H23N3O3S/c1-11-7-18(8-13(11)17-3-5-21-6-4-17)15(19)12-10-22-14(16-12)9-20-2/h10-11,13H,3-9H2,1-2H3. The fourth-order valence-corrected chi connectivity index (χ4v) is 4.00. The lowest BCUT2D eigenvalue weighted by Crippen LogP contribution is -2.47. The average Bonchev–Trinajstić information content (AvgIpc) is 3.15. The summed E-state index contributed by atoms with van der Waals surface area (Å²) in [5.41, 5.74) is 0.548. The molecule has 6 nitrogen and oxygen atoms in total. The number of ether oxygens (including phenoxy) is 2. The zero-order valence-electron chi connectivity index (χ0n) is 13.2. The van der Waals surface area contributed by atoms with E-state index in [0.29, 0.717) is 24.3 Å². The van der Waals surface area contributed by atoms with Crippen LogP contribution in [0, 0.1) is 5.92 Å². The Morgan fingerprint density at radius 3 is 2.95 bits per heavy atom. The van der Waals surface area contributed by atoms with Crippen LogP contribution in [0.5, 0.6) is 0 Å². The number of carbonyl (C=O) groups excluding carboxylic acids is 1. The fraction of sp³-hybridized carbons (Fsp3) is 0.733. The van der Waals surface area contributed by atoms with Crippen LogP contribution in [0.4, 0.5) is 0 Å². The SMILES string of the molecule is COCc1nc(C(=O)N2CC(C)C(N3CCOCC3)C2)cs1. The van der Waals surface area contributed by atoms with E-state index >= 15 is 0 Å². The van der Waals surface area contributed by atoms with Gasteiger partial charge in [-0.25, -0.2) is 4.98 Å². The van der Waals surface area contributed by atoms with Crippen molar-refractivity contribution in [1.82, 2.24) is 14.8 Å². The summed E-state index contributed by atoms with van der Waals surface area (Å²) in [6.45, 7) is 7.80. The zero-order chi connectivity index (χ0) is 15.5. The predicted octanol–water partition coefficient (Wildman–Crippen LogP) is 1.08. The van der Waals surface area contributed by atoms with Crippen molar-refractivity contribution in [3.8, 4) is 0 Å². The van der Waals surface area contributed by atoms with Gasteiger partial charge in [0.1, 0.15) is 10.7 Å². The maximum Gasteiger partial charge on any atom is 0.273 e. The molecule has 0 saturated carbocycles. The van der Waals surface area contributed by atoms with Gasteiger partial charge in [-0.15, -0.1) is 11.3 Å². The van der Waals surface area contributed by atoms with Crippen molar-refractivity contribution < 1.29 is 14.3 Å². The van der Waals surface area contributed by atoms with Crippen LogP contribution in [0.25, 0.3) is 0 Å². The van der Waals surface area contributed by atoms with Gasteiger partial charge in [0.05, 0.1) is 19.8 Å². The molecule has 3 rings (SSSR count). The maximum atomic E-state index is 12.6. The first kappa shape index (κ1) is 15.9. The van der Waals surface area contributed by atoms with Crippen molar-refractivity contribution in [1.29, 1.82) is 0 Å². The maximum absolute atomic E-state index is 12.6. The summed E-state index contributed by atoms with van der Waals surface area (Å²) in [6.07, 6.45) is 0. The minimum Gasteiger partial charge on any atom is -0.379 e. The van der Waals surface area contributed by atoms with E-state index in [1.54, 1.807) is 7.11 Å². The van der Waals surface area contributed by atoms with Gasteiger partial charge in [0.15, 0.2) is 0 Å². The minimum absolute atomic E-state index is 0.0428. The van der Waals surface area contributed by atoms with Gasteiger partial charge in [-0.2, -0.15) is 0 Å². The molecular formula is C15H23N3O3S. The molecule has 0 N–H and O–H groups in total. The lowest BCUT2D eigenvalue weighted by atomic mass is 10.0. The first-order valence-electron chi connectivity index (χ1n) is 7.73. The number of likely N-dealkylation sites (tertiary alicyclic amines) is 1. The molecule has 2 saturated heterocycles. The highest BCUT2D eigenvalue weighted by Gasteiger charge is 2.37. The first-order chi connectivity index (χ1) is 10.7. The number of methoxy groups -OCH3 is 1. The van der Waals surface area contributed by atoms with Crippen molar-refractivity contribution in [2.45, 2.75) is 19.6 Å². The molecule has 2 fully saturated rings. The number of morpholine rings is 1. The zero-order valence-corrected chi connectivity index (χ0v) is 14.0. The van der Waals surface area contributed by atoms with Crippen molar-refractivity contribution in [2.24, 2.45) is 5.92 Å². The first-order valence-corrected chi connectivity index (χ1v) is 8.61. The van der Waals surface area contributed by atoms with Gasteiger partial charge in [0.25, 0.3) is 5.91 Å². The number of amides is 1. The quantitative estimate of drug-likeness (QED) is 0.829. The number of rotatable bonds is 4. The van der Waals surface area contributed by atoms with Crippen LogP contribution in [0.2, 0.25) is 0 Å². The lowest BCUT2D eigenvalue weighted by molar-refractivity contribution is 0.0119. The van der Waals surface area contributed by atoms with Gasteiger partial charge >= 0.3 is 0 Å². The molecular weight excluding hydrogens is 302 g/mol. The van der Waals surface area contributed by atoms with Crippen LogP contribution in [0.3, 0.4) is 0 Å². The van der Waals surface area contributed by atoms with Crippen LogP contribution in [0.1, 0.15) is 22.4 Å². The monoisotopic (exact) mass is 325 g/mol. The third-order valence-corrected chi connectivity index (χ3v) is 5.24. The molecule has 0 spiro atoms. The van der Waals surface area contributed by atoms with Gasteiger partial charge in [0, 0.05) is 44.7 Å². The molecule has 0 radical (unpaired) electrons. The van der Waals surface area contributed by atoms with E-state index in [9.17, 15) is 4.79 Å². The third-order valence-electron chi connectivity index (χ3n) is 4.41. The summed E-state index contributed by atoms with van der Waals surface area (Å²) in [5, 5.41) is 2.69. The van der Waals surface area contributed by atoms with Gasteiger partial charge in [0.2, 0.25) is 0 Å². The van der Waals surface area contributed by atoms with Gasteiger partial charge in [-0.3, -0.25) is 9.69 Å². The highest BCUT2D eigenvalue weighted by molar-refractivity contribution is 7.09. The Morgan fingerprint density at radius 2 is 2.23 bits per heavy atom. The van der Waals surface area contributed by atoms with Crippen LogP contribution >= 0.6 is 11.3 Å². The molecule has 7 heteroatoms. The Hall–Kier alpha value is -1.02. The molecule has 2 aliphatic rings. The van der Waals surface area contributed by atoms with E-state index in [1.165, 1.54) is 11.3 Å². The normalized spacial score (nSPS) is 26.5. The molecule has 22 heavy (non-hydrogen) atoms. The van der Waals surface area contributed by atoms with Crippen molar-refractivity contribution in [2.75, 3.05) is 46.5 Å². The number of hydrogen-bond acceptors (Lipinski definition) is 6. The second-order valence-electron chi connectivity index (χ2n) is 5.96. The summed E-state index contributed by atoms with van der Waals surface area (Å²) < 4.78 is 10.5. The lowest BCUT2D eigenvalue weighted by Gasteiger charge is -2.33. The molecule has 2 aliphatic heterocycles. The van der Waals surface area contributed by atoms with E-state index in [1.807, 2.05) is 10.3 Å². The summed E-state index contributed by atoms with van der Waals surface area (Å²) in [7, 11) is 1.64. The van der Waals surface area contributed by atoms with E-state index in [-0.39, 0.29) is 5.91 Å². The molecule has 2 unspecified atom stereocenters. The Morgan fingerprint density at radius 1 is 1.45 bits per heavy atom. The number of hydrogen-bond donors (Lipinski definition) is 0. The molecule has 3 heterocycles. The molecule has 122 valence electrons. The van der Waals surface area contributed by atoms with Gasteiger partial charge in [-0.1, -0.05) is 6.92 Å². The topological polar surface area (TPSA) is 54.9 Å². The van der Waals surface area contributed by atoms with Crippen molar-refractivity contribution in [3.63, 3.8) is 0 Å². The largest absolute Gasteiger partial charge is 0.379 e. The Bertz CT molecular complexity index is 516. The van der Waals surface area contributed by atoms with E-state index in [4.69, 9.17) is 9.47 Å². The van der Waals surface area contributed by atoms with E-state index in [0.717, 1.165) is 44.4 Å². The highest BCUT2D eigenvalue weighted by atomic mass is 32.1. The van der Waals surface area contributed by atoms with Gasteiger partial charge in [-0.05, 0) is 5.92 Å². The summed E-state index contributed by atoms with van der Waals surface area (Å²) in [6, 6.07) is 0.435.